The number of hydrogen-bond donors (Lipinski definition) is 3. The molecule has 1 saturated heterocycles. The molecular weight excluding hydrogens is 313 g/mol. The topological polar surface area (TPSA) is 93.5 Å². The van der Waals surface area contributed by atoms with E-state index in [1.54, 1.807) is 12.1 Å². The summed E-state index contributed by atoms with van der Waals surface area (Å²) in [5, 5.41) is 5.42. The van der Waals surface area contributed by atoms with Crippen LogP contribution in [0.2, 0.25) is 0 Å². The lowest BCUT2D eigenvalue weighted by Crippen LogP contribution is -2.48. The number of rotatable bonds is 7. The lowest BCUT2D eigenvalue weighted by molar-refractivity contribution is -0.125. The van der Waals surface area contributed by atoms with Crippen LogP contribution in [0.1, 0.15) is 18.4 Å². The molecule has 0 radical (unpaired) electrons. The van der Waals surface area contributed by atoms with Crippen molar-refractivity contribution >= 4 is 11.8 Å². The number of nitrogens with two attached hydrogens (primary N) is 1. The highest BCUT2D eigenvalue weighted by molar-refractivity contribution is 5.82. The van der Waals surface area contributed by atoms with Crippen molar-refractivity contribution in [2.45, 2.75) is 25.3 Å². The molecule has 132 valence electrons. The molecule has 0 spiro atoms. The van der Waals surface area contributed by atoms with Gasteiger partial charge in [-0.15, -0.1) is 0 Å². The molecule has 6 nitrogen and oxygen atoms in total. The molecular formula is C17H24FN3O3. The Labute approximate surface area is 140 Å². The number of amides is 2. The number of nitrogens with one attached hydrogen (secondary N) is 2. The Kier molecular flexibility index (Phi) is 7.14. The van der Waals surface area contributed by atoms with Gasteiger partial charge in [-0.25, -0.2) is 4.39 Å². The fraction of sp³-hybridized carbons (Fsp3) is 0.529. The molecule has 0 bridgehead atoms. The summed E-state index contributed by atoms with van der Waals surface area (Å²) in [6.07, 6.45) is 1.69. The average Bonchev–Trinajstić information content (AvgIpc) is 2.58. The fourth-order valence-corrected chi connectivity index (χ4v) is 2.69. The third-order valence-electron chi connectivity index (χ3n) is 4.08. The smallest absolute Gasteiger partial charge is 0.237 e. The highest BCUT2D eigenvalue weighted by Gasteiger charge is 2.26. The average molecular weight is 337 g/mol. The summed E-state index contributed by atoms with van der Waals surface area (Å²) in [4.78, 5) is 23.7. The van der Waals surface area contributed by atoms with E-state index in [-0.39, 0.29) is 30.0 Å². The van der Waals surface area contributed by atoms with Gasteiger partial charge in [0, 0.05) is 26.3 Å². The van der Waals surface area contributed by atoms with Crippen LogP contribution in [-0.4, -0.2) is 44.2 Å². The van der Waals surface area contributed by atoms with Gasteiger partial charge in [0.25, 0.3) is 0 Å². The molecule has 0 aliphatic carbocycles. The number of ether oxygens (including phenoxy) is 1. The van der Waals surface area contributed by atoms with Crippen LogP contribution in [0.3, 0.4) is 0 Å². The summed E-state index contributed by atoms with van der Waals surface area (Å²) in [5.41, 5.74) is 6.57. The normalized spacial score (nSPS) is 16.4. The van der Waals surface area contributed by atoms with Crippen LogP contribution >= 0.6 is 0 Å². The molecule has 0 saturated carbocycles. The van der Waals surface area contributed by atoms with Crippen molar-refractivity contribution in [2.24, 2.45) is 11.7 Å². The van der Waals surface area contributed by atoms with Crippen LogP contribution in [0.25, 0.3) is 0 Å². The van der Waals surface area contributed by atoms with E-state index < -0.39 is 6.04 Å². The Hall–Kier alpha value is -1.99. The van der Waals surface area contributed by atoms with Gasteiger partial charge in [0.1, 0.15) is 5.82 Å². The molecule has 1 fully saturated rings. The summed E-state index contributed by atoms with van der Waals surface area (Å²) in [6, 6.07) is 5.37. The molecule has 4 N–H and O–H groups in total. The zero-order chi connectivity index (χ0) is 17.4. The van der Waals surface area contributed by atoms with E-state index in [4.69, 9.17) is 10.5 Å². The summed E-state index contributed by atoms with van der Waals surface area (Å²) >= 11 is 0. The zero-order valence-corrected chi connectivity index (χ0v) is 13.6. The summed E-state index contributed by atoms with van der Waals surface area (Å²) < 4.78 is 18.3. The second-order valence-electron chi connectivity index (χ2n) is 5.92. The first-order valence-corrected chi connectivity index (χ1v) is 8.18. The number of benzene rings is 1. The maximum Gasteiger partial charge on any atom is 0.237 e. The first-order valence-electron chi connectivity index (χ1n) is 8.18. The molecule has 1 aromatic rings. The first kappa shape index (κ1) is 18.4. The maximum absolute atomic E-state index is 13.0. The molecule has 1 heterocycles. The van der Waals surface area contributed by atoms with Gasteiger partial charge in [0.2, 0.25) is 11.8 Å². The summed E-state index contributed by atoms with van der Waals surface area (Å²) in [5.74, 6) is -0.652. The van der Waals surface area contributed by atoms with Crippen molar-refractivity contribution < 1.29 is 18.7 Å². The minimum Gasteiger partial charge on any atom is -0.381 e. The Bertz CT molecular complexity index is 562. The van der Waals surface area contributed by atoms with Gasteiger partial charge in [-0.3, -0.25) is 9.59 Å². The molecule has 0 aromatic heterocycles. The lowest BCUT2D eigenvalue weighted by Gasteiger charge is -2.26. The predicted octanol–water partition coefficient (Wildman–Crippen LogP) is 0.355. The van der Waals surface area contributed by atoms with Crippen LogP contribution in [-0.2, 0) is 20.7 Å². The predicted molar refractivity (Wildman–Crippen MR) is 87.6 cm³/mol. The first-order chi connectivity index (χ1) is 11.6. The lowest BCUT2D eigenvalue weighted by atomic mass is 9.92. The van der Waals surface area contributed by atoms with Crippen molar-refractivity contribution in [3.05, 3.63) is 35.6 Å². The number of carbonyl (C=O) groups is 2. The minimum absolute atomic E-state index is 0.104. The van der Waals surface area contributed by atoms with Crippen molar-refractivity contribution in [1.82, 2.24) is 10.6 Å². The van der Waals surface area contributed by atoms with E-state index in [0.717, 1.165) is 12.8 Å². The SMILES string of the molecule is NC(C(=O)NCCNC(=O)Cc1cccc(F)c1)C1CCOCC1. The molecule has 24 heavy (non-hydrogen) atoms. The quantitative estimate of drug-likeness (QED) is 0.626. The summed E-state index contributed by atoms with van der Waals surface area (Å²) in [6.45, 7) is 1.90. The molecule has 1 unspecified atom stereocenters. The maximum atomic E-state index is 13.0. The second-order valence-corrected chi connectivity index (χ2v) is 5.92. The molecule has 1 atom stereocenters. The second kappa shape index (κ2) is 9.34. The highest BCUT2D eigenvalue weighted by Crippen LogP contribution is 2.17. The van der Waals surface area contributed by atoms with Gasteiger partial charge >= 0.3 is 0 Å². The Morgan fingerprint density at radius 1 is 1.25 bits per heavy atom. The van der Waals surface area contributed by atoms with Gasteiger partial charge < -0.3 is 21.1 Å². The van der Waals surface area contributed by atoms with E-state index in [1.165, 1.54) is 12.1 Å². The van der Waals surface area contributed by atoms with E-state index in [0.29, 0.717) is 31.9 Å². The molecule has 7 heteroatoms. The molecule has 1 aromatic carbocycles. The highest BCUT2D eigenvalue weighted by atomic mass is 19.1. The van der Waals surface area contributed by atoms with E-state index in [9.17, 15) is 14.0 Å². The van der Waals surface area contributed by atoms with Gasteiger partial charge in [-0.2, -0.15) is 0 Å². The monoisotopic (exact) mass is 337 g/mol. The summed E-state index contributed by atoms with van der Waals surface area (Å²) in [7, 11) is 0. The standard InChI is InChI=1S/C17H24FN3O3/c18-14-3-1-2-12(10-14)11-15(22)20-6-7-21-17(23)16(19)13-4-8-24-9-5-13/h1-3,10,13,16H,4-9,11,19H2,(H,20,22)(H,21,23). The molecule has 1 aliphatic heterocycles. The van der Waals surface area contributed by atoms with Gasteiger partial charge in [0.15, 0.2) is 0 Å². The van der Waals surface area contributed by atoms with Gasteiger partial charge in [0.05, 0.1) is 12.5 Å². The van der Waals surface area contributed by atoms with Crippen LogP contribution in [0.5, 0.6) is 0 Å². The van der Waals surface area contributed by atoms with Crippen molar-refractivity contribution in [3.63, 3.8) is 0 Å². The molecule has 1 aliphatic rings. The van der Waals surface area contributed by atoms with Crippen molar-refractivity contribution in [3.8, 4) is 0 Å². The van der Waals surface area contributed by atoms with E-state index in [1.807, 2.05) is 0 Å². The number of halogens is 1. The Balaban J connectivity index is 1.63. The third-order valence-corrected chi connectivity index (χ3v) is 4.08. The molecule has 2 rings (SSSR count). The van der Waals surface area contributed by atoms with Crippen molar-refractivity contribution in [2.75, 3.05) is 26.3 Å². The third kappa shape index (κ3) is 5.90. The van der Waals surface area contributed by atoms with Gasteiger partial charge in [-0.05, 0) is 36.5 Å². The zero-order valence-electron chi connectivity index (χ0n) is 13.6. The van der Waals surface area contributed by atoms with Crippen LogP contribution < -0.4 is 16.4 Å². The van der Waals surface area contributed by atoms with E-state index >= 15 is 0 Å². The van der Waals surface area contributed by atoms with Crippen LogP contribution in [0, 0.1) is 11.7 Å². The number of hydrogen-bond acceptors (Lipinski definition) is 4. The minimum atomic E-state index is -0.545. The molecule has 2 amide bonds. The van der Waals surface area contributed by atoms with Gasteiger partial charge in [-0.1, -0.05) is 12.1 Å². The van der Waals surface area contributed by atoms with E-state index in [2.05, 4.69) is 10.6 Å². The van der Waals surface area contributed by atoms with Crippen molar-refractivity contribution in [1.29, 1.82) is 0 Å². The fourth-order valence-electron chi connectivity index (χ4n) is 2.69. The number of carbonyl (C=O) groups excluding carboxylic acids is 2. The van der Waals surface area contributed by atoms with Crippen LogP contribution in [0.15, 0.2) is 24.3 Å². The van der Waals surface area contributed by atoms with Crippen LogP contribution in [0.4, 0.5) is 4.39 Å². The Morgan fingerprint density at radius 2 is 1.96 bits per heavy atom. The largest absolute Gasteiger partial charge is 0.381 e. The Morgan fingerprint density at radius 3 is 2.67 bits per heavy atom.